The van der Waals surface area contributed by atoms with E-state index in [0.29, 0.717) is 6.54 Å². The molecule has 3 aromatic rings. The third kappa shape index (κ3) is 3.46. The van der Waals surface area contributed by atoms with Crippen molar-refractivity contribution >= 4 is 16.9 Å². The minimum absolute atomic E-state index is 0.0117. The number of rotatable bonds is 3. The molecule has 0 unspecified atom stereocenters. The zero-order valence-corrected chi connectivity index (χ0v) is 20.8. The second kappa shape index (κ2) is 7.78. The van der Waals surface area contributed by atoms with E-state index < -0.39 is 0 Å². The molecule has 2 aromatic carbocycles. The number of fused-ring (bicyclic) bond motifs is 3. The second-order valence-corrected chi connectivity index (χ2v) is 11.8. The summed E-state index contributed by atoms with van der Waals surface area (Å²) in [5.41, 5.74) is 5.97. The van der Waals surface area contributed by atoms with Crippen LogP contribution in [0.1, 0.15) is 67.0 Å². The number of aromatic amines is 1. The van der Waals surface area contributed by atoms with Crippen LogP contribution in [-0.4, -0.2) is 35.1 Å². The summed E-state index contributed by atoms with van der Waals surface area (Å²) in [5, 5.41) is 4.85. The fourth-order valence-electron chi connectivity index (χ4n) is 8.27. The molecule has 8 rings (SSSR count). The molecular weight excluding hydrogens is 434 g/mol. The van der Waals surface area contributed by atoms with Crippen molar-refractivity contribution in [3.05, 3.63) is 64.8 Å². The third-order valence-electron chi connectivity index (χ3n) is 9.40. The van der Waals surface area contributed by atoms with Crippen molar-refractivity contribution < 1.29 is 9.53 Å². The molecule has 0 spiro atoms. The normalized spacial score (nSPS) is 31.0. The molecule has 4 aliphatic carbocycles. The molecule has 4 fully saturated rings. The summed E-state index contributed by atoms with van der Waals surface area (Å²) in [7, 11) is 1.71. The van der Waals surface area contributed by atoms with Crippen LogP contribution < -0.4 is 10.1 Å². The Balaban J connectivity index is 1.26. The van der Waals surface area contributed by atoms with Gasteiger partial charge in [-0.1, -0.05) is 29.8 Å². The predicted molar refractivity (Wildman–Crippen MR) is 138 cm³/mol. The van der Waals surface area contributed by atoms with Crippen LogP contribution in [0.25, 0.3) is 10.9 Å². The smallest absolute Gasteiger partial charge is 0.318 e. The van der Waals surface area contributed by atoms with E-state index in [1.807, 2.05) is 6.07 Å². The molecule has 182 valence electrons. The molecule has 2 amide bonds. The van der Waals surface area contributed by atoms with E-state index in [1.165, 1.54) is 55.0 Å². The van der Waals surface area contributed by atoms with E-state index in [0.717, 1.165) is 46.7 Å². The van der Waals surface area contributed by atoms with E-state index in [4.69, 9.17) is 4.74 Å². The standard InChI is InChI=1S/C30H35N3O2/c1-18-3-5-22(6-4-18)28-27-24(25-14-23(35-2)7-8-26(25)31-27)9-10-33(28)29(34)32-30-15-19-11-20(16-30)13-21(12-19)17-30/h3-8,14,19-21,28,31H,9-13,15-17H2,1-2H3,(H,32,34)/t19?,20?,21?,28-,30?/m1/s1. The van der Waals surface area contributed by atoms with Crippen molar-refractivity contribution in [3.8, 4) is 5.75 Å². The minimum Gasteiger partial charge on any atom is -0.497 e. The zero-order chi connectivity index (χ0) is 23.7. The maximum absolute atomic E-state index is 14.0. The Kier molecular flexibility index (Phi) is 4.74. The molecule has 1 aromatic heterocycles. The maximum Gasteiger partial charge on any atom is 0.318 e. The van der Waals surface area contributed by atoms with Gasteiger partial charge in [-0.15, -0.1) is 0 Å². The monoisotopic (exact) mass is 469 g/mol. The molecule has 35 heavy (non-hydrogen) atoms. The quantitative estimate of drug-likeness (QED) is 0.486. The first-order valence-electron chi connectivity index (χ1n) is 13.3. The Morgan fingerprint density at radius 3 is 2.37 bits per heavy atom. The Morgan fingerprint density at radius 1 is 1.03 bits per heavy atom. The summed E-state index contributed by atoms with van der Waals surface area (Å²) in [5.74, 6) is 3.30. The highest BCUT2D eigenvalue weighted by Gasteiger charge is 2.52. The van der Waals surface area contributed by atoms with Gasteiger partial charge in [-0.2, -0.15) is 0 Å². The number of methoxy groups -OCH3 is 1. The van der Waals surface area contributed by atoms with Crippen molar-refractivity contribution in [2.45, 2.75) is 63.5 Å². The van der Waals surface area contributed by atoms with Crippen molar-refractivity contribution in [2.75, 3.05) is 13.7 Å². The maximum atomic E-state index is 14.0. The lowest BCUT2D eigenvalue weighted by Gasteiger charge is -2.57. The molecule has 4 bridgehead atoms. The molecule has 5 nitrogen and oxygen atoms in total. The average Bonchev–Trinajstić information content (AvgIpc) is 3.20. The van der Waals surface area contributed by atoms with Gasteiger partial charge in [0.1, 0.15) is 5.75 Å². The van der Waals surface area contributed by atoms with E-state index in [-0.39, 0.29) is 17.6 Å². The van der Waals surface area contributed by atoms with Gasteiger partial charge in [0.2, 0.25) is 0 Å². The number of hydrogen-bond acceptors (Lipinski definition) is 2. The number of aromatic nitrogens is 1. The number of ether oxygens (including phenoxy) is 1. The Hall–Kier alpha value is -2.95. The van der Waals surface area contributed by atoms with Gasteiger partial charge in [0.25, 0.3) is 0 Å². The second-order valence-electron chi connectivity index (χ2n) is 11.8. The number of nitrogens with zero attached hydrogens (tertiary/aromatic N) is 1. The Bertz CT molecular complexity index is 1260. The van der Waals surface area contributed by atoms with Gasteiger partial charge in [-0.05, 0) is 98.9 Å². The Morgan fingerprint density at radius 2 is 1.71 bits per heavy atom. The molecule has 0 saturated heterocycles. The van der Waals surface area contributed by atoms with Crippen LogP contribution in [0, 0.1) is 24.7 Å². The summed E-state index contributed by atoms with van der Waals surface area (Å²) >= 11 is 0. The van der Waals surface area contributed by atoms with Gasteiger partial charge in [0.15, 0.2) is 0 Å². The lowest BCUT2D eigenvalue weighted by atomic mass is 9.53. The largest absolute Gasteiger partial charge is 0.497 e. The molecular formula is C30H35N3O2. The van der Waals surface area contributed by atoms with Crippen molar-refractivity contribution in [3.63, 3.8) is 0 Å². The molecule has 1 atom stereocenters. The molecule has 4 saturated carbocycles. The molecule has 5 heteroatoms. The first-order chi connectivity index (χ1) is 17.0. The minimum atomic E-state index is -0.119. The van der Waals surface area contributed by atoms with Gasteiger partial charge >= 0.3 is 6.03 Å². The van der Waals surface area contributed by atoms with Gasteiger partial charge in [-0.25, -0.2) is 4.79 Å². The number of amides is 2. The predicted octanol–water partition coefficient (Wildman–Crippen LogP) is 6.11. The van der Waals surface area contributed by atoms with Crippen molar-refractivity contribution in [1.82, 2.24) is 15.2 Å². The highest BCUT2D eigenvalue weighted by Crippen LogP contribution is 2.55. The van der Waals surface area contributed by atoms with Crippen LogP contribution in [0.3, 0.4) is 0 Å². The fraction of sp³-hybridized carbons (Fsp3) is 0.500. The van der Waals surface area contributed by atoms with E-state index in [1.54, 1.807) is 7.11 Å². The number of urea groups is 1. The number of nitrogens with one attached hydrogen (secondary N) is 2. The highest BCUT2D eigenvalue weighted by atomic mass is 16.5. The molecule has 2 N–H and O–H groups in total. The lowest BCUT2D eigenvalue weighted by molar-refractivity contribution is -0.0163. The van der Waals surface area contributed by atoms with Crippen LogP contribution >= 0.6 is 0 Å². The summed E-state index contributed by atoms with van der Waals surface area (Å²) in [6, 6.07) is 14.9. The van der Waals surface area contributed by atoms with Gasteiger partial charge in [0, 0.05) is 28.7 Å². The molecule has 2 heterocycles. The SMILES string of the molecule is COc1ccc2[nH]c3c(c2c1)CCN(C(=O)NC12CC4CC(CC(C4)C1)C2)[C@@H]3c1ccc(C)cc1. The van der Waals surface area contributed by atoms with Crippen LogP contribution in [0.5, 0.6) is 5.75 Å². The number of aryl methyl sites for hydroxylation is 1. The number of H-pyrrole nitrogens is 1. The van der Waals surface area contributed by atoms with Crippen LogP contribution in [0.4, 0.5) is 4.79 Å². The topological polar surface area (TPSA) is 57.4 Å². The van der Waals surface area contributed by atoms with Crippen LogP contribution in [-0.2, 0) is 6.42 Å². The average molecular weight is 470 g/mol. The highest BCUT2D eigenvalue weighted by molar-refractivity contribution is 5.87. The van der Waals surface area contributed by atoms with Crippen LogP contribution in [0.15, 0.2) is 42.5 Å². The molecule has 0 radical (unpaired) electrons. The summed E-state index contributed by atoms with van der Waals surface area (Å²) in [4.78, 5) is 19.8. The zero-order valence-electron chi connectivity index (χ0n) is 20.8. The summed E-state index contributed by atoms with van der Waals surface area (Å²) in [6.07, 6.45) is 8.51. The number of carbonyl (C=O) groups excluding carboxylic acids is 1. The first kappa shape index (κ1) is 21.3. The van der Waals surface area contributed by atoms with Gasteiger partial charge in [-0.3, -0.25) is 0 Å². The summed E-state index contributed by atoms with van der Waals surface area (Å²) < 4.78 is 5.51. The van der Waals surface area contributed by atoms with E-state index in [2.05, 4.69) is 58.5 Å². The third-order valence-corrected chi connectivity index (χ3v) is 9.40. The summed E-state index contributed by atoms with van der Waals surface area (Å²) in [6.45, 7) is 2.83. The number of carbonyl (C=O) groups is 1. The van der Waals surface area contributed by atoms with Gasteiger partial charge < -0.3 is 19.9 Å². The number of benzene rings is 2. The van der Waals surface area contributed by atoms with E-state index >= 15 is 0 Å². The van der Waals surface area contributed by atoms with Crippen LogP contribution in [0.2, 0.25) is 0 Å². The lowest BCUT2D eigenvalue weighted by Crippen LogP contribution is -2.62. The number of hydrogen-bond donors (Lipinski definition) is 2. The van der Waals surface area contributed by atoms with Crippen molar-refractivity contribution in [2.24, 2.45) is 17.8 Å². The fourth-order valence-corrected chi connectivity index (χ4v) is 8.27. The Labute approximate surface area is 207 Å². The van der Waals surface area contributed by atoms with Gasteiger partial charge in [0.05, 0.1) is 13.2 Å². The van der Waals surface area contributed by atoms with E-state index in [9.17, 15) is 4.79 Å². The first-order valence-corrected chi connectivity index (χ1v) is 13.3. The molecule has 1 aliphatic heterocycles. The van der Waals surface area contributed by atoms with Crippen molar-refractivity contribution in [1.29, 1.82) is 0 Å². The molecule has 5 aliphatic rings.